The van der Waals surface area contributed by atoms with Crippen molar-refractivity contribution < 1.29 is 4.57 Å². The number of aryl methyl sites for hydroxylation is 2. The number of para-hydroxylation sites is 4. The van der Waals surface area contributed by atoms with Crippen LogP contribution in [0.4, 0.5) is 22.7 Å². The van der Waals surface area contributed by atoms with Gasteiger partial charge in [-0.2, -0.15) is 0 Å². The molecule has 48 heavy (non-hydrogen) atoms. The Hall–Kier alpha value is -4.27. The number of hydrogen-bond acceptors (Lipinski definition) is 6. The van der Waals surface area contributed by atoms with Crippen LogP contribution in [0.5, 0.6) is 0 Å². The first-order valence-electron chi connectivity index (χ1n) is 16.5. The summed E-state index contributed by atoms with van der Waals surface area (Å²) < 4.78 is 4.77. The summed E-state index contributed by atoms with van der Waals surface area (Å²) in [5.74, 6) is 3.29. The van der Waals surface area contributed by atoms with Gasteiger partial charge in [0.25, 0.3) is 5.82 Å². The molecule has 1 aliphatic rings. The van der Waals surface area contributed by atoms with Crippen molar-refractivity contribution in [2.75, 3.05) is 72.9 Å². The molecule has 0 aliphatic carbocycles. The molecule has 6 rings (SSSR count). The van der Waals surface area contributed by atoms with Gasteiger partial charge in [0.15, 0.2) is 11.0 Å². The summed E-state index contributed by atoms with van der Waals surface area (Å²) in [6, 6.07) is 35.0. The number of anilines is 4. The molecule has 0 spiro atoms. The van der Waals surface area contributed by atoms with Crippen molar-refractivity contribution in [1.29, 1.82) is 0 Å². The van der Waals surface area contributed by atoms with Gasteiger partial charge in [0, 0.05) is 70.7 Å². The zero-order valence-electron chi connectivity index (χ0n) is 29.0. The Bertz CT molecular complexity index is 1870. The second-order valence-electron chi connectivity index (χ2n) is 12.6. The van der Waals surface area contributed by atoms with E-state index in [-0.39, 0.29) is 6.17 Å². The zero-order chi connectivity index (χ0) is 33.6. The van der Waals surface area contributed by atoms with Crippen molar-refractivity contribution >= 4 is 73.6 Å². The van der Waals surface area contributed by atoms with Gasteiger partial charge in [0.05, 0.1) is 18.4 Å². The largest absolute Gasteiger partial charge is 0.378 e. The Morgan fingerprint density at radius 3 is 1.88 bits per heavy atom. The highest BCUT2D eigenvalue weighted by atomic mass is 33.1. The minimum Gasteiger partial charge on any atom is -0.378 e. The van der Waals surface area contributed by atoms with E-state index in [1.165, 1.54) is 50.7 Å². The monoisotopic (exact) mass is 675 g/mol. The van der Waals surface area contributed by atoms with Crippen molar-refractivity contribution in [1.82, 2.24) is 4.57 Å². The van der Waals surface area contributed by atoms with Crippen LogP contribution < -0.4 is 24.2 Å². The van der Waals surface area contributed by atoms with E-state index in [1.54, 1.807) is 0 Å². The van der Waals surface area contributed by atoms with Crippen molar-refractivity contribution in [3.8, 4) is 0 Å². The Morgan fingerprint density at radius 1 is 0.667 bits per heavy atom. The summed E-state index contributed by atoms with van der Waals surface area (Å²) in [5, 5.41) is 0. The lowest BCUT2D eigenvalue weighted by Gasteiger charge is -2.28. The third-order valence-electron chi connectivity index (χ3n) is 9.04. The van der Waals surface area contributed by atoms with Crippen LogP contribution in [-0.2, 0) is 13.6 Å². The molecule has 6 nitrogen and oxygen atoms in total. The van der Waals surface area contributed by atoms with Crippen LogP contribution in [0.3, 0.4) is 0 Å². The molecule has 1 aliphatic heterocycles. The smallest absolute Gasteiger partial charge is 0.282 e. The topological polar surface area (TPSA) is 21.8 Å². The van der Waals surface area contributed by atoms with Gasteiger partial charge in [-0.3, -0.25) is 0 Å². The molecule has 1 atom stereocenters. The predicted octanol–water partition coefficient (Wildman–Crippen LogP) is 8.15. The number of rotatable bonds is 13. The Morgan fingerprint density at radius 2 is 1.23 bits per heavy atom. The zero-order valence-corrected chi connectivity index (χ0v) is 30.6. The van der Waals surface area contributed by atoms with Gasteiger partial charge in [-0.25, -0.2) is 9.13 Å². The summed E-state index contributed by atoms with van der Waals surface area (Å²) in [6.07, 6.45) is 9.26. The molecule has 8 heteroatoms. The first kappa shape index (κ1) is 33.6. The van der Waals surface area contributed by atoms with Gasteiger partial charge in [0.1, 0.15) is 12.7 Å². The normalized spacial score (nSPS) is 14.5. The molecule has 0 N–H and O–H groups in total. The van der Waals surface area contributed by atoms with E-state index in [1.807, 2.05) is 21.6 Å². The van der Waals surface area contributed by atoms with E-state index in [9.17, 15) is 0 Å². The molecule has 1 aromatic heterocycles. The first-order valence-corrected chi connectivity index (χ1v) is 19.0. The fraction of sp³-hybridized carbons (Fsp3) is 0.275. The van der Waals surface area contributed by atoms with Gasteiger partial charge in [-0.05, 0) is 71.8 Å². The Balaban J connectivity index is 1.09. The van der Waals surface area contributed by atoms with E-state index in [0.29, 0.717) is 0 Å². The molecule has 2 heterocycles. The lowest BCUT2D eigenvalue weighted by molar-refractivity contribution is -0.647. The quantitative estimate of drug-likeness (QED) is 0.0709. The summed E-state index contributed by atoms with van der Waals surface area (Å²) in [5.41, 5.74) is 9.96. The Labute approximate surface area is 294 Å². The average molecular weight is 676 g/mol. The van der Waals surface area contributed by atoms with Crippen LogP contribution in [-0.4, -0.2) is 64.0 Å². The van der Waals surface area contributed by atoms with Crippen molar-refractivity contribution in [3.63, 3.8) is 0 Å². The molecule has 0 saturated carbocycles. The molecule has 4 aromatic carbocycles. The summed E-state index contributed by atoms with van der Waals surface area (Å²) in [7, 11) is 16.6. The molecule has 0 saturated heterocycles. The van der Waals surface area contributed by atoms with Crippen molar-refractivity contribution in [2.45, 2.75) is 12.7 Å². The SMILES string of the molecule is CN(C)c1ccc(C=Cc2n(CCSSCCN3c4ccccc4N(C)C3C=Cc3ccc(N(C)C)cc3)c3ccccc3[n+]2C)cc1. The molecular formula is C40H47N6S2+. The maximum atomic E-state index is 2.54. The van der Waals surface area contributed by atoms with E-state index in [4.69, 9.17) is 0 Å². The van der Waals surface area contributed by atoms with Gasteiger partial charge in [0.2, 0.25) is 0 Å². The number of hydrogen-bond donors (Lipinski definition) is 0. The number of likely N-dealkylation sites (N-methyl/N-ethyl adjacent to an activating group) is 1. The second kappa shape index (κ2) is 15.3. The van der Waals surface area contributed by atoms with Gasteiger partial charge in [-0.1, -0.05) is 76.2 Å². The van der Waals surface area contributed by atoms with Crippen molar-refractivity contribution in [3.05, 3.63) is 120 Å². The minimum absolute atomic E-state index is 0.182. The number of fused-ring (bicyclic) bond motifs is 2. The molecule has 5 aromatic rings. The maximum Gasteiger partial charge on any atom is 0.282 e. The van der Waals surface area contributed by atoms with Crippen molar-refractivity contribution in [2.24, 2.45) is 7.05 Å². The number of aromatic nitrogens is 2. The van der Waals surface area contributed by atoms with Crippen LogP contribution in [0.2, 0.25) is 0 Å². The molecule has 0 radical (unpaired) electrons. The lowest BCUT2D eigenvalue weighted by atomic mass is 10.1. The highest BCUT2D eigenvalue weighted by molar-refractivity contribution is 8.76. The van der Waals surface area contributed by atoms with E-state index in [0.717, 1.165) is 24.6 Å². The lowest BCUT2D eigenvalue weighted by Crippen LogP contribution is -2.40. The van der Waals surface area contributed by atoms with Crippen LogP contribution in [0, 0.1) is 0 Å². The van der Waals surface area contributed by atoms with Crippen LogP contribution >= 0.6 is 21.6 Å². The third-order valence-corrected chi connectivity index (χ3v) is 11.4. The first-order chi connectivity index (χ1) is 23.3. The van der Waals surface area contributed by atoms with Crippen LogP contribution in [0.15, 0.2) is 103 Å². The predicted molar refractivity (Wildman–Crippen MR) is 214 cm³/mol. The maximum absolute atomic E-state index is 2.54. The average Bonchev–Trinajstić information content (AvgIpc) is 3.53. The van der Waals surface area contributed by atoms with E-state index in [2.05, 4.69) is 192 Å². The van der Waals surface area contributed by atoms with E-state index < -0.39 is 0 Å². The summed E-state index contributed by atoms with van der Waals surface area (Å²) >= 11 is 0. The van der Waals surface area contributed by atoms with Gasteiger partial charge < -0.3 is 19.6 Å². The Kier molecular flexibility index (Phi) is 10.7. The van der Waals surface area contributed by atoms with E-state index >= 15 is 0 Å². The van der Waals surface area contributed by atoms with Crippen LogP contribution in [0.1, 0.15) is 17.0 Å². The van der Waals surface area contributed by atoms with Gasteiger partial charge >= 0.3 is 0 Å². The molecule has 0 fully saturated rings. The summed E-state index contributed by atoms with van der Waals surface area (Å²) in [4.78, 5) is 9.20. The fourth-order valence-corrected chi connectivity index (χ4v) is 8.26. The summed E-state index contributed by atoms with van der Waals surface area (Å²) in [6.45, 7) is 1.93. The number of benzene rings is 4. The molecule has 0 amide bonds. The second-order valence-corrected chi connectivity index (χ2v) is 15.3. The molecule has 0 bridgehead atoms. The molecular weight excluding hydrogens is 629 g/mol. The third kappa shape index (κ3) is 7.40. The molecule has 248 valence electrons. The number of nitrogens with zero attached hydrogens (tertiary/aromatic N) is 6. The van der Waals surface area contributed by atoms with Crippen LogP contribution in [0.25, 0.3) is 29.3 Å². The minimum atomic E-state index is 0.182. The highest BCUT2D eigenvalue weighted by Crippen LogP contribution is 2.39. The van der Waals surface area contributed by atoms with Gasteiger partial charge in [-0.15, -0.1) is 0 Å². The fourth-order valence-electron chi connectivity index (χ4n) is 6.34. The standard InChI is InChI=1S/C40H47N6S2/c1-41(2)33-21-15-31(16-22-33)19-25-39-43(5)35-11-7-9-13-37(35)45(39)27-29-47-48-30-28-46-38-14-10-8-12-36(38)44(6)40(46)26-20-32-17-23-34(24-18-32)42(3)4/h7-26,39H,27-30H2,1-6H3/q+1. The number of imidazole rings is 1. The highest BCUT2D eigenvalue weighted by Gasteiger charge is 2.31. The molecule has 1 unspecified atom stereocenters.